The van der Waals surface area contributed by atoms with Crippen LogP contribution >= 0.6 is 11.8 Å². The summed E-state index contributed by atoms with van der Waals surface area (Å²) in [5, 5.41) is 13.9. The van der Waals surface area contributed by atoms with Crippen LogP contribution in [0.3, 0.4) is 0 Å². The molecule has 0 spiro atoms. The molecule has 0 unspecified atom stereocenters. The van der Waals surface area contributed by atoms with E-state index in [1.54, 1.807) is 16.8 Å². The third kappa shape index (κ3) is 3.35. The number of benzene rings is 1. The van der Waals surface area contributed by atoms with E-state index in [1.807, 2.05) is 13.0 Å². The van der Waals surface area contributed by atoms with Crippen LogP contribution in [0.25, 0.3) is 5.69 Å². The molecule has 0 radical (unpaired) electrons. The zero-order valence-electron chi connectivity index (χ0n) is 10.3. The number of nitrogens with zero attached hydrogens (tertiary/aromatic N) is 2. The van der Waals surface area contributed by atoms with Crippen molar-refractivity contribution in [3.05, 3.63) is 41.8 Å². The van der Waals surface area contributed by atoms with Gasteiger partial charge in [0.2, 0.25) is 0 Å². The Morgan fingerprint density at radius 1 is 1.42 bits per heavy atom. The van der Waals surface area contributed by atoms with Crippen molar-refractivity contribution in [3.63, 3.8) is 0 Å². The van der Waals surface area contributed by atoms with Crippen molar-refractivity contribution < 1.29 is 14.3 Å². The van der Waals surface area contributed by atoms with Crippen molar-refractivity contribution in [2.45, 2.75) is 18.4 Å². The smallest absolute Gasteiger partial charge is 0.313 e. The van der Waals surface area contributed by atoms with Crippen molar-refractivity contribution in [1.29, 1.82) is 0 Å². The average molecular weight is 280 g/mol. The summed E-state index contributed by atoms with van der Waals surface area (Å²) in [5.74, 6) is -1.22. The first-order valence-corrected chi connectivity index (χ1v) is 6.78. The summed E-state index contributed by atoms with van der Waals surface area (Å²) in [6.45, 7) is 1.98. The first-order chi connectivity index (χ1) is 9.10. The molecule has 0 saturated heterocycles. The van der Waals surface area contributed by atoms with Crippen molar-refractivity contribution in [2.24, 2.45) is 0 Å². The summed E-state index contributed by atoms with van der Waals surface area (Å²) >= 11 is 1.20. The largest absolute Gasteiger partial charge is 0.481 e. The van der Waals surface area contributed by atoms with Gasteiger partial charge in [-0.2, -0.15) is 5.10 Å². The maximum atomic E-state index is 12.9. The number of halogens is 1. The van der Waals surface area contributed by atoms with Gasteiger partial charge in [0, 0.05) is 0 Å². The zero-order valence-corrected chi connectivity index (χ0v) is 11.2. The first-order valence-electron chi connectivity index (χ1n) is 5.79. The monoisotopic (exact) mass is 280 g/mol. The molecule has 19 heavy (non-hydrogen) atoms. The molecule has 2 aromatic rings. The molecule has 2 rings (SSSR count). The number of aliphatic carboxylic acids is 1. The minimum absolute atomic E-state index is 0.0317. The maximum Gasteiger partial charge on any atom is 0.313 e. The second kappa shape index (κ2) is 5.88. The first kappa shape index (κ1) is 13.6. The summed E-state index contributed by atoms with van der Waals surface area (Å²) in [6, 6.07) is 7.80. The zero-order chi connectivity index (χ0) is 13.8. The second-order valence-corrected chi connectivity index (χ2v) is 4.89. The number of carboxylic acid groups (broad SMARTS) is 1. The Bertz CT molecular complexity index is 581. The molecule has 0 aliphatic carbocycles. The lowest BCUT2D eigenvalue weighted by Gasteiger charge is -2.05. The molecule has 0 aliphatic rings. The molecule has 1 aromatic heterocycles. The molecule has 0 fully saturated rings. The standard InChI is InChI=1S/C13H13FN2O2S/c1-2-10-7-12(19-8-13(17)18)16(15-10)11-5-3-9(14)4-6-11/h3-7H,2,8H2,1H3,(H,17,18). The van der Waals surface area contributed by atoms with Crippen LogP contribution in [0.5, 0.6) is 0 Å². The highest BCUT2D eigenvalue weighted by Gasteiger charge is 2.11. The lowest BCUT2D eigenvalue weighted by molar-refractivity contribution is -0.133. The number of aromatic nitrogens is 2. The van der Waals surface area contributed by atoms with Crippen LogP contribution < -0.4 is 0 Å². The van der Waals surface area contributed by atoms with Crippen molar-refractivity contribution >= 4 is 17.7 Å². The third-order valence-corrected chi connectivity index (χ3v) is 3.48. The molecular weight excluding hydrogens is 267 g/mol. The van der Waals surface area contributed by atoms with Gasteiger partial charge in [-0.15, -0.1) is 0 Å². The number of carboxylic acids is 1. The molecule has 0 aliphatic heterocycles. The molecule has 0 atom stereocenters. The van der Waals surface area contributed by atoms with Gasteiger partial charge >= 0.3 is 5.97 Å². The van der Waals surface area contributed by atoms with Gasteiger partial charge in [-0.1, -0.05) is 18.7 Å². The fourth-order valence-electron chi connectivity index (χ4n) is 1.59. The Labute approximate surface area is 114 Å². The van der Waals surface area contributed by atoms with Crippen molar-refractivity contribution in [1.82, 2.24) is 9.78 Å². The van der Waals surface area contributed by atoms with Gasteiger partial charge in [0.1, 0.15) is 10.8 Å². The van der Waals surface area contributed by atoms with Crippen LogP contribution in [0.15, 0.2) is 35.4 Å². The predicted octanol–water partition coefficient (Wildman–Crippen LogP) is 2.75. The minimum atomic E-state index is -0.880. The number of aryl methyl sites for hydroxylation is 1. The van der Waals surface area contributed by atoms with Gasteiger partial charge in [-0.05, 0) is 36.8 Å². The minimum Gasteiger partial charge on any atom is -0.481 e. The fraction of sp³-hybridized carbons (Fsp3) is 0.231. The van der Waals surface area contributed by atoms with Crippen LogP contribution in [-0.4, -0.2) is 26.6 Å². The summed E-state index contributed by atoms with van der Waals surface area (Å²) in [5.41, 5.74) is 1.59. The van der Waals surface area contributed by atoms with Gasteiger partial charge < -0.3 is 5.11 Å². The molecule has 6 heteroatoms. The molecule has 1 N–H and O–H groups in total. The number of hydrogen-bond donors (Lipinski definition) is 1. The Hall–Kier alpha value is -1.82. The molecule has 0 saturated carbocycles. The quantitative estimate of drug-likeness (QED) is 0.856. The highest BCUT2D eigenvalue weighted by Crippen LogP contribution is 2.23. The highest BCUT2D eigenvalue weighted by molar-refractivity contribution is 7.99. The van der Waals surface area contributed by atoms with Crippen molar-refractivity contribution in [3.8, 4) is 5.69 Å². The molecular formula is C13H13FN2O2S. The summed E-state index contributed by atoms with van der Waals surface area (Å²) < 4.78 is 14.6. The number of hydrogen-bond acceptors (Lipinski definition) is 3. The van der Waals surface area contributed by atoms with Gasteiger partial charge in [0.15, 0.2) is 0 Å². The second-order valence-electron chi connectivity index (χ2n) is 3.90. The molecule has 1 heterocycles. The third-order valence-electron chi connectivity index (χ3n) is 2.50. The average Bonchev–Trinajstić information content (AvgIpc) is 2.80. The molecule has 0 bridgehead atoms. The van der Waals surface area contributed by atoms with E-state index < -0.39 is 5.97 Å². The Kier molecular flexibility index (Phi) is 4.21. The molecule has 100 valence electrons. The summed E-state index contributed by atoms with van der Waals surface area (Å²) in [7, 11) is 0. The van der Waals surface area contributed by atoms with E-state index in [2.05, 4.69) is 5.10 Å². The number of rotatable bonds is 5. The SMILES string of the molecule is CCc1cc(SCC(=O)O)n(-c2ccc(F)cc2)n1. The van der Waals surface area contributed by atoms with Crippen LogP contribution in [0, 0.1) is 5.82 Å². The lowest BCUT2D eigenvalue weighted by Crippen LogP contribution is -2.02. The van der Waals surface area contributed by atoms with E-state index in [0.717, 1.165) is 17.1 Å². The molecule has 0 amide bonds. The van der Waals surface area contributed by atoms with E-state index in [9.17, 15) is 9.18 Å². The van der Waals surface area contributed by atoms with E-state index in [0.29, 0.717) is 5.69 Å². The van der Waals surface area contributed by atoms with Crippen molar-refractivity contribution in [2.75, 3.05) is 5.75 Å². The van der Waals surface area contributed by atoms with Gasteiger partial charge in [0.05, 0.1) is 17.1 Å². The normalized spacial score (nSPS) is 10.6. The fourth-order valence-corrected chi connectivity index (χ4v) is 2.35. The number of carbonyl (C=O) groups is 1. The summed E-state index contributed by atoms with van der Waals surface area (Å²) in [4.78, 5) is 10.6. The van der Waals surface area contributed by atoms with Crippen LogP contribution in [0.2, 0.25) is 0 Å². The van der Waals surface area contributed by atoms with Crippen LogP contribution in [-0.2, 0) is 11.2 Å². The van der Waals surface area contributed by atoms with E-state index in [4.69, 9.17) is 5.11 Å². The van der Waals surface area contributed by atoms with Gasteiger partial charge in [0.25, 0.3) is 0 Å². The lowest BCUT2D eigenvalue weighted by atomic mass is 10.3. The Morgan fingerprint density at radius 2 is 2.11 bits per heavy atom. The predicted molar refractivity (Wildman–Crippen MR) is 71.3 cm³/mol. The van der Waals surface area contributed by atoms with Crippen LogP contribution in [0.1, 0.15) is 12.6 Å². The van der Waals surface area contributed by atoms with E-state index in [-0.39, 0.29) is 11.6 Å². The van der Waals surface area contributed by atoms with Gasteiger partial charge in [-0.25, -0.2) is 9.07 Å². The Morgan fingerprint density at radius 3 is 2.68 bits per heavy atom. The topological polar surface area (TPSA) is 55.1 Å². The van der Waals surface area contributed by atoms with Gasteiger partial charge in [-0.3, -0.25) is 4.79 Å². The van der Waals surface area contributed by atoms with E-state index >= 15 is 0 Å². The number of thioether (sulfide) groups is 1. The molecule has 4 nitrogen and oxygen atoms in total. The maximum absolute atomic E-state index is 12.9. The van der Waals surface area contributed by atoms with E-state index in [1.165, 1.54) is 23.9 Å². The van der Waals surface area contributed by atoms with Crippen LogP contribution in [0.4, 0.5) is 4.39 Å². The summed E-state index contributed by atoms with van der Waals surface area (Å²) in [6.07, 6.45) is 0.759. The highest BCUT2D eigenvalue weighted by atomic mass is 32.2. The Balaban J connectivity index is 2.34. The molecule has 1 aromatic carbocycles.